The van der Waals surface area contributed by atoms with Gasteiger partial charge in [0.05, 0.1) is 28.6 Å². The summed E-state index contributed by atoms with van der Waals surface area (Å²) in [6.45, 7) is 2.19. The molecule has 0 atom stereocenters. The first kappa shape index (κ1) is 17.9. The summed E-state index contributed by atoms with van der Waals surface area (Å²) >= 11 is 5.84. The van der Waals surface area contributed by atoms with Crippen molar-refractivity contribution in [1.29, 1.82) is 0 Å². The largest absolute Gasteiger partial charge is 0.492 e. The number of para-hydroxylation sites is 2. The lowest BCUT2D eigenvalue weighted by Crippen LogP contribution is -2.20. The van der Waals surface area contributed by atoms with E-state index in [1.54, 1.807) is 31.2 Å². The van der Waals surface area contributed by atoms with Gasteiger partial charge < -0.3 is 15.4 Å². The van der Waals surface area contributed by atoms with Crippen molar-refractivity contribution in [3.05, 3.63) is 53.1 Å². The number of ether oxygens (including phenoxy) is 1. The van der Waals surface area contributed by atoms with E-state index in [-0.39, 0.29) is 10.7 Å². The van der Waals surface area contributed by atoms with Gasteiger partial charge in [0.25, 0.3) is 0 Å². The molecule has 0 bridgehead atoms. The van der Waals surface area contributed by atoms with E-state index in [0.29, 0.717) is 18.0 Å². The van der Waals surface area contributed by atoms with Gasteiger partial charge in [-0.05, 0) is 37.3 Å². The Morgan fingerprint density at radius 1 is 1.12 bits per heavy atom. The molecule has 2 aromatic rings. The van der Waals surface area contributed by atoms with Gasteiger partial charge in [0.15, 0.2) is 0 Å². The van der Waals surface area contributed by atoms with Gasteiger partial charge in [-0.2, -0.15) is 13.2 Å². The van der Waals surface area contributed by atoms with E-state index < -0.39 is 17.8 Å². The van der Waals surface area contributed by atoms with Gasteiger partial charge in [-0.3, -0.25) is 0 Å². The van der Waals surface area contributed by atoms with Crippen LogP contribution in [0.15, 0.2) is 42.5 Å². The SMILES string of the molecule is CCOc1ccccc1NC(=O)Nc1cc(C(F)(F)F)ccc1Cl. The number of urea groups is 1. The normalized spacial score (nSPS) is 11.0. The first-order valence-electron chi connectivity index (χ1n) is 6.98. The van der Waals surface area contributed by atoms with Crippen LogP contribution >= 0.6 is 11.6 Å². The van der Waals surface area contributed by atoms with E-state index in [1.807, 2.05) is 0 Å². The lowest BCUT2D eigenvalue weighted by Gasteiger charge is -2.14. The number of halogens is 4. The summed E-state index contributed by atoms with van der Waals surface area (Å²) in [5.74, 6) is 0.449. The molecule has 2 N–H and O–H groups in total. The fourth-order valence-electron chi connectivity index (χ4n) is 1.92. The molecular weight excluding hydrogens is 345 g/mol. The number of rotatable bonds is 4. The molecule has 2 rings (SSSR count). The highest BCUT2D eigenvalue weighted by atomic mass is 35.5. The van der Waals surface area contributed by atoms with Crippen LogP contribution in [0.5, 0.6) is 5.75 Å². The number of amides is 2. The van der Waals surface area contributed by atoms with Crippen molar-refractivity contribution in [2.75, 3.05) is 17.2 Å². The van der Waals surface area contributed by atoms with Crippen LogP contribution in [0.1, 0.15) is 12.5 Å². The maximum absolute atomic E-state index is 12.7. The van der Waals surface area contributed by atoms with Crippen LogP contribution in [0, 0.1) is 0 Å². The van der Waals surface area contributed by atoms with Crippen molar-refractivity contribution in [3.8, 4) is 5.75 Å². The summed E-state index contributed by atoms with van der Waals surface area (Å²) in [6, 6.07) is 8.66. The minimum absolute atomic E-state index is 0.00348. The number of benzene rings is 2. The molecule has 4 nitrogen and oxygen atoms in total. The molecule has 24 heavy (non-hydrogen) atoms. The van der Waals surface area contributed by atoms with Crippen LogP contribution in [0.2, 0.25) is 5.02 Å². The third kappa shape index (κ3) is 4.55. The minimum atomic E-state index is -4.53. The van der Waals surface area contributed by atoms with E-state index in [1.165, 1.54) is 0 Å². The molecule has 0 saturated heterocycles. The molecule has 0 aliphatic rings. The summed E-state index contributed by atoms with van der Waals surface area (Å²) in [5.41, 5.74) is -0.658. The Balaban J connectivity index is 2.16. The highest BCUT2D eigenvalue weighted by molar-refractivity contribution is 6.33. The first-order chi connectivity index (χ1) is 11.3. The lowest BCUT2D eigenvalue weighted by atomic mass is 10.2. The molecule has 0 saturated carbocycles. The maximum atomic E-state index is 12.7. The smallest absolute Gasteiger partial charge is 0.416 e. The molecule has 0 aliphatic heterocycles. The zero-order chi connectivity index (χ0) is 17.7. The Hall–Kier alpha value is -2.41. The summed E-state index contributed by atoms with van der Waals surface area (Å²) in [5, 5.41) is 4.81. The van der Waals surface area contributed by atoms with Crippen LogP contribution in [0.4, 0.5) is 29.3 Å². The molecule has 0 heterocycles. The second-order valence-electron chi connectivity index (χ2n) is 4.70. The molecule has 2 aromatic carbocycles. The number of nitrogens with one attached hydrogen (secondary N) is 2. The highest BCUT2D eigenvalue weighted by Gasteiger charge is 2.31. The molecule has 8 heteroatoms. The van der Waals surface area contributed by atoms with Crippen molar-refractivity contribution in [2.24, 2.45) is 0 Å². The zero-order valence-electron chi connectivity index (χ0n) is 12.6. The number of carbonyl (C=O) groups excluding carboxylic acids is 1. The van der Waals surface area contributed by atoms with Gasteiger partial charge >= 0.3 is 12.2 Å². The van der Waals surface area contributed by atoms with Gasteiger partial charge in [0, 0.05) is 0 Å². The fourth-order valence-corrected chi connectivity index (χ4v) is 2.09. The van der Waals surface area contributed by atoms with Crippen molar-refractivity contribution in [1.82, 2.24) is 0 Å². The predicted molar refractivity (Wildman–Crippen MR) is 86.7 cm³/mol. The Labute approximate surface area is 141 Å². The van der Waals surface area contributed by atoms with E-state index in [2.05, 4.69) is 10.6 Å². The number of anilines is 2. The Bertz CT molecular complexity index is 736. The summed E-state index contributed by atoms with van der Waals surface area (Å²) in [7, 11) is 0. The first-order valence-corrected chi connectivity index (χ1v) is 7.35. The third-order valence-electron chi connectivity index (χ3n) is 2.98. The molecule has 0 fully saturated rings. The minimum Gasteiger partial charge on any atom is -0.492 e. The highest BCUT2D eigenvalue weighted by Crippen LogP contribution is 2.34. The molecule has 0 spiro atoms. The molecule has 0 radical (unpaired) electrons. The van der Waals surface area contributed by atoms with Gasteiger partial charge in [-0.1, -0.05) is 23.7 Å². The Kier molecular flexibility index (Phi) is 5.56. The fraction of sp³-hybridized carbons (Fsp3) is 0.188. The van der Waals surface area contributed by atoms with Gasteiger partial charge in [-0.15, -0.1) is 0 Å². The van der Waals surface area contributed by atoms with Crippen LogP contribution < -0.4 is 15.4 Å². The molecular formula is C16H14ClF3N2O2. The van der Waals surface area contributed by atoms with Crippen LogP contribution in [0.25, 0.3) is 0 Å². The number of hydrogen-bond acceptors (Lipinski definition) is 2. The monoisotopic (exact) mass is 358 g/mol. The quantitative estimate of drug-likeness (QED) is 0.768. The molecule has 0 aliphatic carbocycles. The second kappa shape index (κ2) is 7.44. The number of hydrogen-bond donors (Lipinski definition) is 2. The zero-order valence-corrected chi connectivity index (χ0v) is 13.3. The van der Waals surface area contributed by atoms with Crippen LogP contribution in [-0.2, 0) is 6.18 Å². The standard InChI is InChI=1S/C16H14ClF3N2O2/c1-2-24-14-6-4-3-5-12(14)21-15(23)22-13-9-10(16(18,19)20)7-8-11(13)17/h3-9H,2H2,1H3,(H2,21,22,23). The summed E-state index contributed by atoms with van der Waals surface area (Å²) in [4.78, 5) is 12.0. The van der Waals surface area contributed by atoms with E-state index in [9.17, 15) is 18.0 Å². The molecule has 0 aromatic heterocycles. The molecule has 0 unspecified atom stereocenters. The second-order valence-corrected chi connectivity index (χ2v) is 5.11. The van der Waals surface area contributed by atoms with E-state index >= 15 is 0 Å². The average molecular weight is 359 g/mol. The van der Waals surface area contributed by atoms with Gasteiger partial charge in [-0.25, -0.2) is 4.79 Å². The van der Waals surface area contributed by atoms with Crippen molar-refractivity contribution >= 4 is 29.0 Å². The molecule has 2 amide bonds. The van der Waals surface area contributed by atoms with Gasteiger partial charge in [0.1, 0.15) is 5.75 Å². The average Bonchev–Trinajstić information content (AvgIpc) is 2.50. The summed E-state index contributed by atoms with van der Waals surface area (Å²) < 4.78 is 43.6. The van der Waals surface area contributed by atoms with E-state index in [4.69, 9.17) is 16.3 Å². The lowest BCUT2D eigenvalue weighted by molar-refractivity contribution is -0.137. The van der Waals surface area contributed by atoms with Crippen LogP contribution in [0.3, 0.4) is 0 Å². The van der Waals surface area contributed by atoms with Crippen molar-refractivity contribution < 1.29 is 22.7 Å². The maximum Gasteiger partial charge on any atom is 0.416 e. The molecule has 128 valence electrons. The number of alkyl halides is 3. The topological polar surface area (TPSA) is 50.4 Å². The third-order valence-corrected chi connectivity index (χ3v) is 3.31. The Morgan fingerprint density at radius 3 is 2.46 bits per heavy atom. The Morgan fingerprint density at radius 2 is 1.79 bits per heavy atom. The van der Waals surface area contributed by atoms with Crippen molar-refractivity contribution in [3.63, 3.8) is 0 Å². The van der Waals surface area contributed by atoms with E-state index in [0.717, 1.165) is 18.2 Å². The van der Waals surface area contributed by atoms with Crippen LogP contribution in [-0.4, -0.2) is 12.6 Å². The summed E-state index contributed by atoms with van der Waals surface area (Å²) in [6.07, 6.45) is -4.53. The predicted octanol–water partition coefficient (Wildman–Crippen LogP) is 5.40. The number of carbonyl (C=O) groups is 1. The van der Waals surface area contributed by atoms with Gasteiger partial charge in [0.2, 0.25) is 0 Å². The van der Waals surface area contributed by atoms with Crippen molar-refractivity contribution in [2.45, 2.75) is 13.1 Å².